The molecule has 1 amide bonds. The summed E-state index contributed by atoms with van der Waals surface area (Å²) >= 11 is 6.15. The summed E-state index contributed by atoms with van der Waals surface area (Å²) in [6.07, 6.45) is 0.157. The van der Waals surface area contributed by atoms with Gasteiger partial charge in [0.2, 0.25) is 0 Å². The molecular weight excluding hydrogens is 408 g/mol. The van der Waals surface area contributed by atoms with Gasteiger partial charge in [-0.1, -0.05) is 17.7 Å². The number of nitriles is 1. The lowest BCUT2D eigenvalue weighted by atomic mass is 10.1. The zero-order chi connectivity index (χ0) is 21.7. The molecule has 0 radical (unpaired) electrons. The summed E-state index contributed by atoms with van der Waals surface area (Å²) < 4.78 is 16.1. The smallest absolute Gasteiger partial charge is 0.338 e. The van der Waals surface area contributed by atoms with Crippen molar-refractivity contribution in [3.63, 3.8) is 0 Å². The number of carbonyl (C=O) groups is 2. The van der Waals surface area contributed by atoms with Gasteiger partial charge in [-0.05, 0) is 49.2 Å². The van der Waals surface area contributed by atoms with Crippen molar-refractivity contribution in [3.05, 3.63) is 52.0 Å². The summed E-state index contributed by atoms with van der Waals surface area (Å²) in [7, 11) is 0. The number of ether oxygens (including phenoxy) is 3. The maximum absolute atomic E-state index is 12.8. The molecule has 1 aliphatic heterocycles. The molecule has 1 aliphatic rings. The van der Waals surface area contributed by atoms with Crippen LogP contribution in [0.1, 0.15) is 27.9 Å². The van der Waals surface area contributed by atoms with E-state index in [2.05, 4.69) is 0 Å². The predicted octanol–water partition coefficient (Wildman–Crippen LogP) is 3.83. The van der Waals surface area contributed by atoms with Crippen molar-refractivity contribution >= 4 is 29.2 Å². The predicted molar refractivity (Wildman–Crippen MR) is 111 cm³/mol. The fourth-order valence-electron chi connectivity index (χ4n) is 3.18. The number of aryl methyl sites for hydroxylation is 2. The molecule has 7 nitrogen and oxygen atoms in total. The minimum atomic E-state index is -0.706. The number of amides is 1. The van der Waals surface area contributed by atoms with Gasteiger partial charge in [0.25, 0.3) is 5.91 Å². The van der Waals surface area contributed by atoms with E-state index in [0.29, 0.717) is 30.4 Å². The molecule has 0 bridgehead atoms. The Morgan fingerprint density at radius 1 is 1.13 bits per heavy atom. The molecule has 0 unspecified atom stereocenters. The molecule has 0 N–H and O–H groups in total. The highest BCUT2D eigenvalue weighted by Crippen LogP contribution is 2.38. The van der Waals surface area contributed by atoms with Gasteiger partial charge in [0.15, 0.2) is 18.1 Å². The first-order chi connectivity index (χ1) is 14.4. The molecule has 0 spiro atoms. The molecule has 1 heterocycles. The Labute approximate surface area is 179 Å². The first-order valence-electron chi connectivity index (χ1n) is 9.41. The van der Waals surface area contributed by atoms with Gasteiger partial charge >= 0.3 is 5.97 Å². The lowest BCUT2D eigenvalue weighted by Crippen LogP contribution is -2.35. The Morgan fingerprint density at radius 3 is 2.53 bits per heavy atom. The first-order valence-corrected chi connectivity index (χ1v) is 9.78. The van der Waals surface area contributed by atoms with Crippen LogP contribution in [0.3, 0.4) is 0 Å². The lowest BCUT2D eigenvalue weighted by molar-refractivity contribution is -0.121. The average molecular weight is 429 g/mol. The molecular formula is C22H21ClN2O5. The van der Waals surface area contributed by atoms with E-state index in [1.54, 1.807) is 0 Å². The molecule has 0 atom stereocenters. The molecule has 2 aromatic rings. The van der Waals surface area contributed by atoms with Gasteiger partial charge in [0.1, 0.15) is 13.2 Å². The third-order valence-corrected chi connectivity index (χ3v) is 4.71. The first kappa shape index (κ1) is 21.5. The Hall–Kier alpha value is -3.24. The SMILES string of the molecule is Cc1cc(C)cc(N(CCC#N)C(=O)COC(=O)c2cc(Cl)c3c(c2)OCCO3)c1. The molecule has 2 aromatic carbocycles. The quantitative estimate of drug-likeness (QED) is 0.649. The largest absolute Gasteiger partial charge is 0.486 e. The molecule has 3 rings (SSSR count). The number of nitrogens with zero attached hydrogens (tertiary/aromatic N) is 2. The van der Waals surface area contributed by atoms with Crippen molar-refractivity contribution in [3.8, 4) is 17.6 Å². The molecule has 156 valence electrons. The normalized spacial score (nSPS) is 12.1. The van der Waals surface area contributed by atoms with E-state index in [0.717, 1.165) is 11.1 Å². The van der Waals surface area contributed by atoms with Crippen molar-refractivity contribution in [2.75, 3.05) is 31.3 Å². The fourth-order valence-corrected chi connectivity index (χ4v) is 3.45. The number of fused-ring (bicyclic) bond motifs is 1. The Kier molecular flexibility index (Phi) is 6.80. The van der Waals surface area contributed by atoms with Crippen LogP contribution < -0.4 is 14.4 Å². The van der Waals surface area contributed by atoms with Crippen LogP contribution in [0.4, 0.5) is 5.69 Å². The highest BCUT2D eigenvalue weighted by molar-refractivity contribution is 6.32. The van der Waals surface area contributed by atoms with Crippen LogP contribution >= 0.6 is 11.6 Å². The molecule has 0 saturated heterocycles. The third-order valence-electron chi connectivity index (χ3n) is 4.43. The summed E-state index contributed by atoms with van der Waals surface area (Å²) in [5.74, 6) is -0.388. The topological polar surface area (TPSA) is 88.9 Å². The van der Waals surface area contributed by atoms with Crippen molar-refractivity contribution in [1.82, 2.24) is 0 Å². The van der Waals surface area contributed by atoms with Crippen LogP contribution in [-0.2, 0) is 9.53 Å². The van der Waals surface area contributed by atoms with E-state index in [-0.39, 0.29) is 23.6 Å². The zero-order valence-electron chi connectivity index (χ0n) is 16.7. The van der Waals surface area contributed by atoms with Gasteiger partial charge in [0, 0.05) is 12.2 Å². The van der Waals surface area contributed by atoms with Crippen molar-refractivity contribution in [2.45, 2.75) is 20.3 Å². The van der Waals surface area contributed by atoms with E-state index >= 15 is 0 Å². The van der Waals surface area contributed by atoms with E-state index in [1.807, 2.05) is 38.1 Å². The number of halogens is 1. The van der Waals surface area contributed by atoms with Crippen LogP contribution in [-0.4, -0.2) is 38.2 Å². The van der Waals surface area contributed by atoms with Gasteiger partial charge in [-0.3, -0.25) is 4.79 Å². The van der Waals surface area contributed by atoms with Crippen LogP contribution in [0.5, 0.6) is 11.5 Å². The third kappa shape index (κ3) is 5.02. The maximum atomic E-state index is 12.8. The Bertz CT molecular complexity index is 995. The van der Waals surface area contributed by atoms with Gasteiger partial charge in [-0.15, -0.1) is 0 Å². The number of esters is 1. The zero-order valence-corrected chi connectivity index (χ0v) is 17.5. The van der Waals surface area contributed by atoms with Crippen LogP contribution in [0.2, 0.25) is 5.02 Å². The lowest BCUT2D eigenvalue weighted by Gasteiger charge is -2.23. The highest BCUT2D eigenvalue weighted by Gasteiger charge is 2.22. The second-order valence-corrected chi connectivity index (χ2v) is 7.26. The molecule has 30 heavy (non-hydrogen) atoms. The fraction of sp³-hybridized carbons (Fsp3) is 0.318. The summed E-state index contributed by atoms with van der Waals surface area (Å²) in [5.41, 5.74) is 2.79. The second kappa shape index (κ2) is 9.51. The van der Waals surface area contributed by atoms with E-state index < -0.39 is 18.5 Å². The van der Waals surface area contributed by atoms with E-state index in [4.69, 9.17) is 31.1 Å². The van der Waals surface area contributed by atoms with Crippen LogP contribution in [0.15, 0.2) is 30.3 Å². The number of rotatable bonds is 6. The number of hydrogen-bond acceptors (Lipinski definition) is 6. The molecule has 0 saturated carbocycles. The molecule has 0 fully saturated rings. The van der Waals surface area contributed by atoms with Gasteiger partial charge in [-0.2, -0.15) is 5.26 Å². The van der Waals surface area contributed by atoms with Gasteiger partial charge in [-0.25, -0.2) is 4.79 Å². The molecule has 0 aliphatic carbocycles. The van der Waals surface area contributed by atoms with Crippen LogP contribution in [0.25, 0.3) is 0 Å². The van der Waals surface area contributed by atoms with Crippen molar-refractivity contribution in [1.29, 1.82) is 5.26 Å². The standard InChI is InChI=1S/C22H21ClN2O5/c1-14-8-15(2)10-17(9-14)25(5-3-4-24)20(26)13-30-22(27)16-11-18(23)21-19(12-16)28-6-7-29-21/h8-12H,3,5-7,13H2,1-2H3. The minimum Gasteiger partial charge on any atom is -0.486 e. The Balaban J connectivity index is 1.72. The average Bonchev–Trinajstić information content (AvgIpc) is 2.71. The number of anilines is 1. The monoisotopic (exact) mass is 428 g/mol. The number of carbonyl (C=O) groups excluding carboxylic acids is 2. The summed E-state index contributed by atoms with van der Waals surface area (Å²) in [6, 6.07) is 10.6. The minimum absolute atomic E-state index is 0.157. The van der Waals surface area contributed by atoms with E-state index in [9.17, 15) is 9.59 Å². The second-order valence-electron chi connectivity index (χ2n) is 6.86. The Morgan fingerprint density at radius 2 is 1.83 bits per heavy atom. The summed E-state index contributed by atoms with van der Waals surface area (Å²) in [6.45, 7) is 4.31. The van der Waals surface area contributed by atoms with Crippen molar-refractivity contribution in [2.24, 2.45) is 0 Å². The number of hydrogen-bond donors (Lipinski definition) is 0. The van der Waals surface area contributed by atoms with Crippen molar-refractivity contribution < 1.29 is 23.8 Å². The highest BCUT2D eigenvalue weighted by atomic mass is 35.5. The maximum Gasteiger partial charge on any atom is 0.338 e. The van der Waals surface area contributed by atoms with Crippen LogP contribution in [0, 0.1) is 25.2 Å². The van der Waals surface area contributed by atoms with Gasteiger partial charge in [0.05, 0.1) is 23.1 Å². The van der Waals surface area contributed by atoms with E-state index in [1.165, 1.54) is 17.0 Å². The summed E-state index contributed by atoms with van der Waals surface area (Å²) in [4.78, 5) is 26.7. The molecule has 0 aromatic heterocycles. The summed E-state index contributed by atoms with van der Waals surface area (Å²) in [5, 5.41) is 9.17. The number of benzene rings is 2. The van der Waals surface area contributed by atoms with Gasteiger partial charge < -0.3 is 19.1 Å². The molecule has 8 heteroatoms.